The highest BCUT2D eigenvalue weighted by Crippen LogP contribution is 2.41. The number of fused-ring (bicyclic) bond motifs is 2. The van der Waals surface area contributed by atoms with E-state index in [1.54, 1.807) is 12.1 Å². The zero-order chi connectivity index (χ0) is 14.3. The predicted octanol–water partition coefficient (Wildman–Crippen LogP) is 3.98. The summed E-state index contributed by atoms with van der Waals surface area (Å²) in [5, 5.41) is 3.50. The van der Waals surface area contributed by atoms with Gasteiger partial charge in [-0.3, -0.25) is 0 Å². The Morgan fingerprint density at radius 2 is 1.25 bits per heavy atom. The van der Waals surface area contributed by atoms with E-state index in [1.807, 2.05) is 36.4 Å². The van der Waals surface area contributed by atoms with Gasteiger partial charge in [-0.25, -0.2) is 0 Å². The predicted molar refractivity (Wildman–Crippen MR) is 81.9 cm³/mol. The molecule has 0 amide bonds. The molecular formula is C15H11ClO3S. The van der Waals surface area contributed by atoms with Gasteiger partial charge in [-0.2, -0.15) is 8.42 Å². The average molecular weight is 307 g/mol. The molecule has 3 aromatic rings. The molecule has 0 unspecified atom stereocenters. The van der Waals surface area contributed by atoms with Gasteiger partial charge in [-0.1, -0.05) is 60.1 Å². The van der Waals surface area contributed by atoms with Gasteiger partial charge in [0.2, 0.25) is 0 Å². The molecule has 0 aliphatic carbocycles. The lowest BCUT2D eigenvalue weighted by Crippen LogP contribution is -2.06. The lowest BCUT2D eigenvalue weighted by Gasteiger charge is -2.13. The van der Waals surface area contributed by atoms with Crippen LogP contribution >= 0.6 is 11.6 Å². The van der Waals surface area contributed by atoms with E-state index in [2.05, 4.69) is 0 Å². The Kier molecular flexibility index (Phi) is 3.07. The molecule has 0 heterocycles. The molecule has 0 bridgehead atoms. The van der Waals surface area contributed by atoms with Gasteiger partial charge in [0.25, 0.3) is 0 Å². The second kappa shape index (κ2) is 4.65. The fraction of sp³-hybridized carbons (Fsp3) is 0.0667. The minimum absolute atomic E-state index is 0.322. The molecule has 0 radical (unpaired) electrons. The molecule has 0 saturated heterocycles. The van der Waals surface area contributed by atoms with Crippen molar-refractivity contribution in [2.45, 2.75) is 0 Å². The van der Waals surface area contributed by atoms with Crippen LogP contribution in [0.3, 0.4) is 0 Å². The maximum Gasteiger partial charge on any atom is 0.306 e. The molecule has 0 N–H and O–H groups in total. The third-order valence-corrected chi connectivity index (χ3v) is 3.93. The first-order valence-electron chi connectivity index (χ1n) is 5.96. The Morgan fingerprint density at radius 3 is 1.65 bits per heavy atom. The van der Waals surface area contributed by atoms with E-state index in [4.69, 9.17) is 15.8 Å². The molecule has 0 aliphatic rings. The van der Waals surface area contributed by atoms with E-state index in [0.29, 0.717) is 21.5 Å². The van der Waals surface area contributed by atoms with Crippen molar-refractivity contribution in [3.8, 4) is 5.75 Å². The second-order valence-corrected chi connectivity index (χ2v) is 6.47. The van der Waals surface area contributed by atoms with Crippen molar-refractivity contribution in [1.82, 2.24) is 0 Å². The van der Waals surface area contributed by atoms with Gasteiger partial charge in [-0.15, -0.1) is 0 Å². The molecule has 0 aromatic heterocycles. The summed E-state index contributed by atoms with van der Waals surface area (Å²) in [6.45, 7) is 0. The molecule has 0 aliphatic heterocycles. The third kappa shape index (κ3) is 2.21. The molecule has 0 fully saturated rings. The van der Waals surface area contributed by atoms with Gasteiger partial charge in [0, 0.05) is 21.5 Å². The quantitative estimate of drug-likeness (QED) is 0.531. The maximum atomic E-state index is 11.5. The highest BCUT2D eigenvalue weighted by Gasteiger charge is 2.16. The van der Waals surface area contributed by atoms with Gasteiger partial charge in [0.05, 0.1) is 11.3 Å². The summed E-state index contributed by atoms with van der Waals surface area (Å²) in [6.07, 6.45) is 1.03. The number of benzene rings is 3. The lowest BCUT2D eigenvalue weighted by molar-refractivity contribution is 0.498. The van der Waals surface area contributed by atoms with Gasteiger partial charge in [0.15, 0.2) is 5.75 Å². The Labute approximate surface area is 121 Å². The van der Waals surface area contributed by atoms with Crippen molar-refractivity contribution >= 4 is 43.3 Å². The van der Waals surface area contributed by atoms with Crippen LogP contribution in [-0.4, -0.2) is 14.7 Å². The average Bonchev–Trinajstić information content (AvgIpc) is 2.42. The molecule has 0 spiro atoms. The van der Waals surface area contributed by atoms with Gasteiger partial charge < -0.3 is 4.18 Å². The first kappa shape index (κ1) is 13.2. The first-order valence-corrected chi connectivity index (χ1v) is 8.15. The number of rotatable bonds is 2. The molecule has 3 aromatic carbocycles. The monoisotopic (exact) mass is 306 g/mol. The lowest BCUT2D eigenvalue weighted by atomic mass is 10.0. The fourth-order valence-corrected chi connectivity index (χ4v) is 3.09. The number of hydrogen-bond acceptors (Lipinski definition) is 3. The highest BCUT2D eigenvalue weighted by atomic mass is 35.5. The van der Waals surface area contributed by atoms with E-state index < -0.39 is 10.1 Å². The molecule has 0 saturated carbocycles. The van der Waals surface area contributed by atoms with E-state index in [0.717, 1.165) is 17.0 Å². The van der Waals surface area contributed by atoms with Crippen LogP contribution < -0.4 is 4.18 Å². The summed E-state index contributed by atoms with van der Waals surface area (Å²) in [7, 11) is -3.62. The molecule has 3 rings (SSSR count). The van der Waals surface area contributed by atoms with Crippen molar-refractivity contribution in [3.63, 3.8) is 0 Å². The molecule has 0 atom stereocenters. The van der Waals surface area contributed by atoms with Crippen LogP contribution in [0.15, 0.2) is 48.5 Å². The SMILES string of the molecule is CS(=O)(=O)Oc1c2ccccc2c(Cl)c2ccccc12. The fourth-order valence-electron chi connectivity index (χ4n) is 2.28. The Balaban J connectivity index is 2.53. The standard InChI is InChI=1S/C15H11ClO3S/c1-20(17,18)19-15-12-8-4-2-6-10(12)14(16)11-7-3-5-9-13(11)15/h2-9H,1H3. The smallest absolute Gasteiger partial charge is 0.306 e. The van der Waals surface area contributed by atoms with Crippen LogP contribution in [0.1, 0.15) is 0 Å². The van der Waals surface area contributed by atoms with Gasteiger partial charge in [-0.05, 0) is 0 Å². The molecule has 20 heavy (non-hydrogen) atoms. The Bertz CT molecular complexity index is 860. The van der Waals surface area contributed by atoms with Gasteiger partial charge in [0.1, 0.15) is 0 Å². The number of hydrogen-bond donors (Lipinski definition) is 0. The number of halogens is 1. The summed E-state index contributed by atoms with van der Waals surface area (Å²) < 4.78 is 28.2. The molecular weight excluding hydrogens is 296 g/mol. The summed E-state index contributed by atoms with van der Waals surface area (Å²) in [4.78, 5) is 0. The van der Waals surface area contributed by atoms with E-state index >= 15 is 0 Å². The zero-order valence-electron chi connectivity index (χ0n) is 10.6. The minimum atomic E-state index is -3.62. The van der Waals surface area contributed by atoms with E-state index in [-0.39, 0.29) is 0 Å². The van der Waals surface area contributed by atoms with E-state index in [1.165, 1.54) is 0 Å². The zero-order valence-corrected chi connectivity index (χ0v) is 12.2. The van der Waals surface area contributed by atoms with Crippen molar-refractivity contribution in [2.24, 2.45) is 0 Å². The second-order valence-electron chi connectivity index (χ2n) is 4.52. The summed E-state index contributed by atoms with van der Waals surface area (Å²) in [6, 6.07) is 14.6. The first-order chi connectivity index (χ1) is 9.47. The molecule has 3 nitrogen and oxygen atoms in total. The normalized spacial score (nSPS) is 11.9. The third-order valence-electron chi connectivity index (χ3n) is 3.05. The summed E-state index contributed by atoms with van der Waals surface area (Å²) in [5.74, 6) is 0.322. The highest BCUT2D eigenvalue weighted by molar-refractivity contribution is 7.86. The van der Waals surface area contributed by atoms with Gasteiger partial charge >= 0.3 is 10.1 Å². The largest absolute Gasteiger partial charge is 0.381 e. The minimum Gasteiger partial charge on any atom is -0.381 e. The van der Waals surface area contributed by atoms with Crippen molar-refractivity contribution in [3.05, 3.63) is 53.6 Å². The Hall–Kier alpha value is -1.78. The van der Waals surface area contributed by atoms with Crippen molar-refractivity contribution in [2.75, 3.05) is 6.26 Å². The van der Waals surface area contributed by atoms with E-state index in [9.17, 15) is 8.42 Å². The van der Waals surface area contributed by atoms with Crippen LogP contribution in [0.25, 0.3) is 21.5 Å². The van der Waals surface area contributed by atoms with Crippen molar-refractivity contribution in [1.29, 1.82) is 0 Å². The van der Waals surface area contributed by atoms with Crippen LogP contribution in [0.4, 0.5) is 0 Å². The van der Waals surface area contributed by atoms with Crippen LogP contribution in [-0.2, 0) is 10.1 Å². The molecule has 102 valence electrons. The molecule has 5 heteroatoms. The Morgan fingerprint density at radius 1 is 0.850 bits per heavy atom. The topological polar surface area (TPSA) is 43.4 Å². The summed E-state index contributed by atoms with van der Waals surface area (Å²) in [5.41, 5.74) is 0. The maximum absolute atomic E-state index is 11.5. The van der Waals surface area contributed by atoms with Crippen LogP contribution in [0.5, 0.6) is 5.75 Å². The van der Waals surface area contributed by atoms with Crippen LogP contribution in [0.2, 0.25) is 5.02 Å². The summed E-state index contributed by atoms with van der Waals surface area (Å²) >= 11 is 6.41. The van der Waals surface area contributed by atoms with Crippen molar-refractivity contribution < 1.29 is 12.6 Å². The van der Waals surface area contributed by atoms with Crippen LogP contribution in [0, 0.1) is 0 Å².